The summed E-state index contributed by atoms with van der Waals surface area (Å²) in [7, 11) is -0.593. The van der Waals surface area contributed by atoms with Crippen molar-refractivity contribution in [3.63, 3.8) is 0 Å². The van der Waals surface area contributed by atoms with Crippen LogP contribution in [-0.2, 0) is 16.6 Å². The molecule has 2 rings (SSSR count). The third-order valence-electron chi connectivity index (χ3n) is 3.62. The fourth-order valence-electron chi connectivity index (χ4n) is 2.12. The Bertz CT molecular complexity index is 758. The first-order chi connectivity index (χ1) is 10.4. The maximum atomic E-state index is 12.8. The quantitative estimate of drug-likeness (QED) is 0.849. The summed E-state index contributed by atoms with van der Waals surface area (Å²) in [4.78, 5) is 4.12. The smallest absolute Gasteiger partial charge is 0.246 e. The molecule has 0 radical (unpaired) electrons. The van der Waals surface area contributed by atoms with Crippen LogP contribution in [0, 0.1) is 13.8 Å². The maximum absolute atomic E-state index is 12.8. The molecule has 2 aromatic rings. The Morgan fingerprint density at radius 3 is 2.32 bits per heavy atom. The molecular weight excluding hydrogens is 300 g/mol. The number of hydrogen-bond acceptors (Lipinski definition) is 4. The number of methoxy groups -OCH3 is 1. The van der Waals surface area contributed by atoms with Crippen molar-refractivity contribution in [3.8, 4) is 5.75 Å². The first-order valence-electron chi connectivity index (χ1n) is 6.86. The van der Waals surface area contributed by atoms with Crippen LogP contribution < -0.4 is 4.74 Å². The summed E-state index contributed by atoms with van der Waals surface area (Å²) in [6.07, 6.45) is 3.29. The zero-order chi connectivity index (χ0) is 16.3. The first-order valence-corrected chi connectivity index (χ1v) is 8.30. The van der Waals surface area contributed by atoms with E-state index in [1.54, 1.807) is 43.7 Å². The van der Waals surface area contributed by atoms with Gasteiger partial charge in [0.25, 0.3) is 0 Å². The summed E-state index contributed by atoms with van der Waals surface area (Å²) in [5, 5.41) is 0. The van der Waals surface area contributed by atoms with Crippen LogP contribution >= 0.6 is 0 Å². The number of pyridine rings is 1. The standard InChI is InChI=1S/C16H20N2O3S/c1-12-9-15(21-4)16(10-13(12)2)22(19,20)18(3)11-14-5-7-17-8-6-14/h5-10H,11H2,1-4H3. The number of benzene rings is 1. The topological polar surface area (TPSA) is 59.5 Å². The van der Waals surface area contributed by atoms with E-state index in [1.165, 1.54) is 11.4 Å². The van der Waals surface area contributed by atoms with Crippen LogP contribution in [0.15, 0.2) is 41.6 Å². The van der Waals surface area contributed by atoms with Gasteiger partial charge in [-0.3, -0.25) is 4.98 Å². The molecule has 0 atom stereocenters. The second-order valence-electron chi connectivity index (χ2n) is 5.20. The lowest BCUT2D eigenvalue weighted by Crippen LogP contribution is -2.27. The Balaban J connectivity index is 2.40. The predicted molar refractivity (Wildman–Crippen MR) is 85.4 cm³/mol. The molecule has 0 fully saturated rings. The molecule has 0 N–H and O–H groups in total. The lowest BCUT2D eigenvalue weighted by molar-refractivity contribution is 0.397. The minimum Gasteiger partial charge on any atom is -0.495 e. The van der Waals surface area contributed by atoms with Gasteiger partial charge in [-0.1, -0.05) is 0 Å². The van der Waals surface area contributed by atoms with Crippen molar-refractivity contribution in [3.05, 3.63) is 53.3 Å². The molecule has 0 unspecified atom stereocenters. The summed E-state index contributed by atoms with van der Waals surface area (Å²) < 4.78 is 32.2. The Morgan fingerprint density at radius 2 is 1.73 bits per heavy atom. The van der Waals surface area contributed by atoms with Gasteiger partial charge < -0.3 is 4.74 Å². The van der Waals surface area contributed by atoms with Crippen LogP contribution in [-0.4, -0.2) is 31.9 Å². The number of ether oxygens (including phenoxy) is 1. The fraction of sp³-hybridized carbons (Fsp3) is 0.312. The molecule has 6 heteroatoms. The maximum Gasteiger partial charge on any atom is 0.246 e. The summed E-state index contributed by atoms with van der Waals surface area (Å²) >= 11 is 0. The Kier molecular flexibility index (Phi) is 4.83. The van der Waals surface area contributed by atoms with E-state index in [1.807, 2.05) is 13.8 Å². The van der Waals surface area contributed by atoms with Gasteiger partial charge in [0.1, 0.15) is 10.6 Å². The predicted octanol–water partition coefficient (Wildman–Crippen LogP) is 2.53. The van der Waals surface area contributed by atoms with Crippen LogP contribution in [0.3, 0.4) is 0 Å². The van der Waals surface area contributed by atoms with E-state index in [0.717, 1.165) is 16.7 Å². The highest BCUT2D eigenvalue weighted by Crippen LogP contribution is 2.29. The van der Waals surface area contributed by atoms with Crippen LogP contribution in [0.4, 0.5) is 0 Å². The molecule has 0 amide bonds. The number of aromatic nitrogens is 1. The summed E-state index contributed by atoms with van der Waals surface area (Å²) in [6.45, 7) is 4.09. The summed E-state index contributed by atoms with van der Waals surface area (Å²) in [5.41, 5.74) is 2.79. The van der Waals surface area contributed by atoms with Crippen molar-refractivity contribution in [2.75, 3.05) is 14.2 Å². The SMILES string of the molecule is COc1cc(C)c(C)cc1S(=O)(=O)N(C)Cc1ccncc1. The number of sulfonamides is 1. The molecule has 0 saturated carbocycles. The Labute approximate surface area is 131 Å². The van der Waals surface area contributed by atoms with E-state index in [9.17, 15) is 8.42 Å². The second kappa shape index (κ2) is 6.46. The van der Waals surface area contributed by atoms with Gasteiger partial charge in [0.2, 0.25) is 10.0 Å². The molecule has 0 bridgehead atoms. The molecule has 0 spiro atoms. The molecule has 118 valence electrons. The van der Waals surface area contributed by atoms with Crippen LogP contribution in [0.5, 0.6) is 5.75 Å². The van der Waals surface area contributed by atoms with E-state index >= 15 is 0 Å². The van der Waals surface area contributed by atoms with E-state index in [2.05, 4.69) is 4.98 Å². The molecule has 1 aromatic carbocycles. The summed E-state index contributed by atoms with van der Waals surface area (Å²) in [6, 6.07) is 7.00. The van der Waals surface area contributed by atoms with E-state index in [4.69, 9.17) is 4.74 Å². The van der Waals surface area contributed by atoms with Gasteiger partial charge in [-0.25, -0.2) is 8.42 Å². The van der Waals surface area contributed by atoms with Crippen molar-refractivity contribution in [2.24, 2.45) is 0 Å². The summed E-state index contributed by atoms with van der Waals surface area (Å²) in [5.74, 6) is 0.365. The normalized spacial score (nSPS) is 11.7. The van der Waals surface area contributed by atoms with Gasteiger partial charge >= 0.3 is 0 Å². The molecule has 5 nitrogen and oxygen atoms in total. The largest absolute Gasteiger partial charge is 0.495 e. The van der Waals surface area contributed by atoms with Gasteiger partial charge in [-0.15, -0.1) is 0 Å². The van der Waals surface area contributed by atoms with Gasteiger partial charge in [-0.2, -0.15) is 4.31 Å². The molecule has 0 saturated heterocycles. The van der Waals surface area contributed by atoms with Gasteiger partial charge in [0, 0.05) is 26.0 Å². The van der Waals surface area contributed by atoms with Crippen LogP contribution in [0.25, 0.3) is 0 Å². The molecule has 0 aliphatic rings. The van der Waals surface area contributed by atoms with Crippen LogP contribution in [0.2, 0.25) is 0 Å². The number of hydrogen-bond donors (Lipinski definition) is 0. The molecule has 1 aromatic heterocycles. The van der Waals surface area contributed by atoms with Gasteiger partial charge in [-0.05, 0) is 54.8 Å². The Morgan fingerprint density at radius 1 is 1.14 bits per heavy atom. The molecular formula is C16H20N2O3S. The average molecular weight is 320 g/mol. The first kappa shape index (κ1) is 16.5. The zero-order valence-corrected chi connectivity index (χ0v) is 14.0. The highest BCUT2D eigenvalue weighted by molar-refractivity contribution is 7.89. The van der Waals surface area contributed by atoms with Crippen molar-refractivity contribution in [1.82, 2.24) is 9.29 Å². The van der Waals surface area contributed by atoms with Gasteiger partial charge in [0.15, 0.2) is 0 Å². The van der Waals surface area contributed by atoms with Crippen molar-refractivity contribution in [1.29, 1.82) is 0 Å². The van der Waals surface area contributed by atoms with E-state index in [-0.39, 0.29) is 11.4 Å². The minimum absolute atomic E-state index is 0.189. The fourth-order valence-corrected chi connectivity index (χ4v) is 3.50. The lowest BCUT2D eigenvalue weighted by atomic mass is 10.1. The molecule has 1 heterocycles. The van der Waals surface area contributed by atoms with Crippen molar-refractivity contribution >= 4 is 10.0 Å². The van der Waals surface area contributed by atoms with Crippen molar-refractivity contribution < 1.29 is 13.2 Å². The monoisotopic (exact) mass is 320 g/mol. The highest BCUT2D eigenvalue weighted by atomic mass is 32.2. The third kappa shape index (κ3) is 3.28. The van der Waals surface area contributed by atoms with E-state index in [0.29, 0.717) is 5.75 Å². The number of aryl methyl sites for hydroxylation is 2. The molecule has 22 heavy (non-hydrogen) atoms. The van der Waals surface area contributed by atoms with E-state index < -0.39 is 10.0 Å². The van der Waals surface area contributed by atoms with Crippen molar-refractivity contribution in [2.45, 2.75) is 25.3 Å². The van der Waals surface area contributed by atoms with Gasteiger partial charge in [0.05, 0.1) is 7.11 Å². The highest BCUT2D eigenvalue weighted by Gasteiger charge is 2.25. The van der Waals surface area contributed by atoms with Crippen LogP contribution in [0.1, 0.15) is 16.7 Å². The molecule has 0 aliphatic carbocycles. The third-order valence-corrected chi connectivity index (χ3v) is 5.45. The second-order valence-corrected chi connectivity index (χ2v) is 7.22. The zero-order valence-electron chi connectivity index (χ0n) is 13.2. The molecule has 0 aliphatic heterocycles. The number of nitrogens with zero attached hydrogens (tertiary/aromatic N) is 2. The lowest BCUT2D eigenvalue weighted by Gasteiger charge is -2.20. The average Bonchev–Trinajstić information content (AvgIpc) is 2.50. The number of rotatable bonds is 5. The Hall–Kier alpha value is -1.92. The minimum atomic E-state index is -3.63.